The van der Waals surface area contributed by atoms with E-state index in [2.05, 4.69) is 55.5 Å². The van der Waals surface area contributed by atoms with Crippen LogP contribution < -0.4 is 0 Å². The normalized spacial score (nSPS) is 15.5. The Morgan fingerprint density at radius 1 is 1.00 bits per heavy atom. The van der Waals surface area contributed by atoms with Crippen LogP contribution in [0.4, 0.5) is 0 Å². The zero-order chi connectivity index (χ0) is 17.5. The van der Waals surface area contributed by atoms with Crippen LogP contribution >= 0.6 is 0 Å². The Hall–Kier alpha value is -2.13. The van der Waals surface area contributed by atoms with Crippen LogP contribution in [0, 0.1) is 0 Å². The van der Waals surface area contributed by atoms with Crippen LogP contribution in [0.25, 0.3) is 0 Å². The number of hydrogen-bond acceptors (Lipinski definition) is 2. The summed E-state index contributed by atoms with van der Waals surface area (Å²) >= 11 is 0. The second-order valence-electron chi connectivity index (χ2n) is 6.67. The molecule has 1 amide bonds. The third-order valence-corrected chi connectivity index (χ3v) is 4.79. The third kappa shape index (κ3) is 4.70. The molecule has 0 aromatic heterocycles. The lowest BCUT2D eigenvalue weighted by molar-refractivity contribution is -0.134. The van der Waals surface area contributed by atoms with Gasteiger partial charge in [-0.2, -0.15) is 0 Å². The number of nitrogens with zero attached hydrogens (tertiary/aromatic N) is 1. The van der Waals surface area contributed by atoms with Gasteiger partial charge in [0.25, 0.3) is 0 Å². The first-order chi connectivity index (χ1) is 12.3. The van der Waals surface area contributed by atoms with E-state index in [9.17, 15) is 4.79 Å². The standard InChI is InChI=1S/C22H27NO2/c1-2-9-21(24)23-16-14-20(15-17-23)25-22(18-10-5-3-6-11-18)19-12-7-4-8-13-19/h3-8,10-13,20,22H,2,9,14-17H2,1H3. The molecule has 1 fully saturated rings. The highest BCUT2D eigenvalue weighted by Crippen LogP contribution is 2.30. The van der Waals surface area contributed by atoms with E-state index in [4.69, 9.17) is 4.74 Å². The minimum atomic E-state index is -0.0507. The number of carbonyl (C=O) groups excluding carboxylic acids is 1. The second-order valence-corrected chi connectivity index (χ2v) is 6.67. The third-order valence-electron chi connectivity index (χ3n) is 4.79. The molecule has 0 atom stereocenters. The minimum Gasteiger partial charge on any atom is -0.365 e. The van der Waals surface area contributed by atoms with Gasteiger partial charge in [-0.15, -0.1) is 0 Å². The quantitative estimate of drug-likeness (QED) is 0.772. The summed E-state index contributed by atoms with van der Waals surface area (Å²) in [6.45, 7) is 3.66. The topological polar surface area (TPSA) is 29.5 Å². The zero-order valence-corrected chi connectivity index (χ0v) is 14.9. The lowest BCUT2D eigenvalue weighted by Crippen LogP contribution is -2.41. The van der Waals surface area contributed by atoms with Crippen LogP contribution in [0.2, 0.25) is 0 Å². The van der Waals surface area contributed by atoms with Crippen molar-refractivity contribution in [3.05, 3.63) is 71.8 Å². The van der Waals surface area contributed by atoms with Gasteiger partial charge in [-0.3, -0.25) is 4.79 Å². The molecule has 2 aromatic rings. The maximum absolute atomic E-state index is 12.1. The van der Waals surface area contributed by atoms with Crippen LogP contribution in [0.5, 0.6) is 0 Å². The summed E-state index contributed by atoms with van der Waals surface area (Å²) in [5.41, 5.74) is 2.36. The molecule has 3 nitrogen and oxygen atoms in total. The summed E-state index contributed by atoms with van der Waals surface area (Å²) in [7, 11) is 0. The fourth-order valence-electron chi connectivity index (χ4n) is 3.41. The summed E-state index contributed by atoms with van der Waals surface area (Å²) in [6, 6.07) is 20.8. The van der Waals surface area contributed by atoms with E-state index in [0.29, 0.717) is 6.42 Å². The number of rotatable bonds is 6. The first-order valence-corrected chi connectivity index (χ1v) is 9.31. The van der Waals surface area contributed by atoms with Gasteiger partial charge in [0.2, 0.25) is 5.91 Å². The van der Waals surface area contributed by atoms with E-state index >= 15 is 0 Å². The number of carbonyl (C=O) groups is 1. The van der Waals surface area contributed by atoms with E-state index in [-0.39, 0.29) is 18.1 Å². The van der Waals surface area contributed by atoms with Gasteiger partial charge in [0, 0.05) is 19.5 Å². The van der Waals surface area contributed by atoms with E-state index in [1.807, 2.05) is 17.0 Å². The summed E-state index contributed by atoms with van der Waals surface area (Å²) in [4.78, 5) is 14.0. The predicted octanol–water partition coefficient (Wildman–Crippen LogP) is 4.58. The first kappa shape index (κ1) is 17.7. The molecule has 1 saturated heterocycles. The van der Waals surface area contributed by atoms with Gasteiger partial charge in [-0.25, -0.2) is 0 Å². The summed E-state index contributed by atoms with van der Waals surface area (Å²) in [5.74, 6) is 0.281. The molecular formula is C22H27NO2. The molecule has 1 heterocycles. The molecule has 25 heavy (non-hydrogen) atoms. The minimum absolute atomic E-state index is 0.0507. The zero-order valence-electron chi connectivity index (χ0n) is 14.9. The highest BCUT2D eigenvalue weighted by molar-refractivity contribution is 5.76. The van der Waals surface area contributed by atoms with Gasteiger partial charge in [0.1, 0.15) is 6.10 Å². The highest BCUT2D eigenvalue weighted by atomic mass is 16.5. The fourth-order valence-corrected chi connectivity index (χ4v) is 3.41. The number of ether oxygens (including phenoxy) is 1. The lowest BCUT2D eigenvalue weighted by atomic mass is 10.00. The van der Waals surface area contributed by atoms with Crippen molar-refractivity contribution in [2.45, 2.75) is 44.8 Å². The number of benzene rings is 2. The van der Waals surface area contributed by atoms with Gasteiger partial charge in [-0.1, -0.05) is 67.6 Å². The smallest absolute Gasteiger partial charge is 0.222 e. The molecule has 0 N–H and O–H groups in total. The van der Waals surface area contributed by atoms with E-state index in [0.717, 1.165) is 32.4 Å². The van der Waals surface area contributed by atoms with Crippen molar-refractivity contribution in [3.63, 3.8) is 0 Å². The van der Waals surface area contributed by atoms with Crippen LogP contribution in [0.15, 0.2) is 60.7 Å². The molecule has 0 aliphatic carbocycles. The molecule has 0 radical (unpaired) electrons. The molecule has 0 saturated carbocycles. The van der Waals surface area contributed by atoms with Gasteiger partial charge < -0.3 is 9.64 Å². The van der Waals surface area contributed by atoms with Gasteiger partial charge in [-0.05, 0) is 30.4 Å². The van der Waals surface area contributed by atoms with E-state index in [1.54, 1.807) is 0 Å². The summed E-state index contributed by atoms with van der Waals surface area (Å²) in [5, 5.41) is 0. The molecule has 1 aliphatic heterocycles. The maximum Gasteiger partial charge on any atom is 0.222 e. The molecule has 132 valence electrons. The van der Waals surface area contributed by atoms with Crippen LogP contribution in [-0.2, 0) is 9.53 Å². The Kier molecular flexibility index (Phi) is 6.24. The Balaban J connectivity index is 1.67. The average Bonchev–Trinajstić information content (AvgIpc) is 2.68. The predicted molar refractivity (Wildman–Crippen MR) is 100 cm³/mol. The molecule has 3 rings (SSSR count). The Morgan fingerprint density at radius 2 is 1.52 bits per heavy atom. The summed E-state index contributed by atoms with van der Waals surface area (Å²) in [6.07, 6.45) is 3.53. The Morgan fingerprint density at radius 3 is 2.00 bits per heavy atom. The molecule has 3 heteroatoms. The van der Waals surface area contributed by atoms with Crippen molar-refractivity contribution < 1.29 is 9.53 Å². The van der Waals surface area contributed by atoms with Crippen LogP contribution in [-0.4, -0.2) is 30.0 Å². The van der Waals surface area contributed by atoms with Crippen LogP contribution in [0.3, 0.4) is 0 Å². The van der Waals surface area contributed by atoms with E-state index in [1.165, 1.54) is 11.1 Å². The van der Waals surface area contributed by atoms with Crippen molar-refractivity contribution in [1.29, 1.82) is 0 Å². The number of likely N-dealkylation sites (tertiary alicyclic amines) is 1. The monoisotopic (exact) mass is 337 g/mol. The number of amides is 1. The van der Waals surface area contributed by atoms with Crippen molar-refractivity contribution >= 4 is 5.91 Å². The Labute approximate surface area is 150 Å². The largest absolute Gasteiger partial charge is 0.365 e. The molecular weight excluding hydrogens is 310 g/mol. The first-order valence-electron chi connectivity index (χ1n) is 9.31. The SMILES string of the molecule is CCCC(=O)N1CCC(OC(c2ccccc2)c2ccccc2)CC1. The highest BCUT2D eigenvalue weighted by Gasteiger charge is 2.26. The number of hydrogen-bond donors (Lipinski definition) is 0. The maximum atomic E-state index is 12.1. The second kappa shape index (κ2) is 8.82. The molecule has 1 aliphatic rings. The van der Waals surface area contributed by atoms with Crippen molar-refractivity contribution in [3.8, 4) is 0 Å². The van der Waals surface area contributed by atoms with Crippen molar-refractivity contribution in [1.82, 2.24) is 4.90 Å². The van der Waals surface area contributed by atoms with Gasteiger partial charge >= 0.3 is 0 Å². The molecule has 2 aromatic carbocycles. The average molecular weight is 337 g/mol. The van der Waals surface area contributed by atoms with Gasteiger partial charge in [0.05, 0.1) is 6.10 Å². The molecule has 0 unspecified atom stereocenters. The summed E-state index contributed by atoms with van der Waals surface area (Å²) < 4.78 is 6.51. The lowest BCUT2D eigenvalue weighted by Gasteiger charge is -2.34. The fraction of sp³-hybridized carbons (Fsp3) is 0.409. The molecule has 0 bridgehead atoms. The van der Waals surface area contributed by atoms with Crippen molar-refractivity contribution in [2.24, 2.45) is 0 Å². The van der Waals surface area contributed by atoms with Crippen LogP contribution in [0.1, 0.15) is 49.8 Å². The van der Waals surface area contributed by atoms with E-state index < -0.39 is 0 Å². The van der Waals surface area contributed by atoms with Crippen molar-refractivity contribution in [2.75, 3.05) is 13.1 Å². The van der Waals surface area contributed by atoms with Gasteiger partial charge in [0.15, 0.2) is 0 Å². The number of piperidine rings is 1. The Bertz CT molecular complexity index is 609. The molecule has 0 spiro atoms.